The van der Waals surface area contributed by atoms with Gasteiger partial charge in [0.25, 0.3) is 0 Å². The zero-order valence-electron chi connectivity index (χ0n) is 13.7. The maximum absolute atomic E-state index is 13.0. The van der Waals surface area contributed by atoms with Crippen molar-refractivity contribution in [2.75, 3.05) is 0 Å². The number of aromatic hydroxyl groups is 1. The number of hydrogen-bond acceptors (Lipinski definition) is 6. The molecule has 1 fully saturated rings. The fourth-order valence-electron chi connectivity index (χ4n) is 4.68. The summed E-state index contributed by atoms with van der Waals surface area (Å²) in [6.07, 6.45) is 0.0387. The molecule has 0 spiro atoms. The van der Waals surface area contributed by atoms with Crippen LogP contribution >= 0.6 is 0 Å². The number of fused-ring (bicyclic) bond motifs is 3. The van der Waals surface area contributed by atoms with Crippen molar-refractivity contribution in [2.24, 2.45) is 5.92 Å². The Morgan fingerprint density at radius 1 is 1.12 bits per heavy atom. The first-order valence-electron chi connectivity index (χ1n) is 8.26. The lowest BCUT2D eigenvalue weighted by molar-refractivity contribution is -0.156. The minimum atomic E-state index is -1.54. The van der Waals surface area contributed by atoms with Crippen LogP contribution in [-0.2, 0) is 4.79 Å². The lowest BCUT2D eigenvalue weighted by Gasteiger charge is -2.49. The fourth-order valence-corrected chi connectivity index (χ4v) is 4.68. The summed E-state index contributed by atoms with van der Waals surface area (Å²) in [5, 5.41) is 31.3. The van der Waals surface area contributed by atoms with Crippen LogP contribution in [0.2, 0.25) is 0 Å². The van der Waals surface area contributed by atoms with Gasteiger partial charge >= 0.3 is 0 Å². The Labute approximate surface area is 143 Å². The number of carbonyl (C=O) groups excluding carboxylic acids is 3. The molecule has 0 unspecified atom stereocenters. The molecule has 6 heteroatoms. The number of Topliss-reactive ketones (excluding diaryl/α,β-unsaturated/α-hetero) is 3. The predicted molar refractivity (Wildman–Crippen MR) is 86.3 cm³/mol. The Morgan fingerprint density at radius 2 is 1.84 bits per heavy atom. The van der Waals surface area contributed by atoms with Gasteiger partial charge in [-0.1, -0.05) is 12.1 Å². The van der Waals surface area contributed by atoms with Crippen molar-refractivity contribution in [1.82, 2.24) is 0 Å². The third kappa shape index (κ3) is 2.14. The average Bonchev–Trinajstić information content (AvgIpc) is 2.49. The summed E-state index contributed by atoms with van der Waals surface area (Å²) in [5.74, 6) is -2.77. The second-order valence-electron chi connectivity index (χ2n) is 7.60. The SMILES string of the molecule is C[C@@]1(O)CC(=O)[C@@H]2C3=C(CC[C@]2(O)C1)C(=O)c1c(O)cccc1C3=O. The van der Waals surface area contributed by atoms with E-state index in [4.69, 9.17) is 0 Å². The van der Waals surface area contributed by atoms with E-state index >= 15 is 0 Å². The van der Waals surface area contributed by atoms with Gasteiger partial charge in [-0.15, -0.1) is 0 Å². The van der Waals surface area contributed by atoms with Crippen molar-refractivity contribution in [3.8, 4) is 5.75 Å². The zero-order chi connectivity index (χ0) is 18.1. The molecule has 3 aliphatic carbocycles. The monoisotopic (exact) mass is 342 g/mol. The van der Waals surface area contributed by atoms with Crippen LogP contribution in [0.3, 0.4) is 0 Å². The minimum Gasteiger partial charge on any atom is -0.507 e. The smallest absolute Gasteiger partial charge is 0.193 e. The van der Waals surface area contributed by atoms with Gasteiger partial charge in [0.1, 0.15) is 11.5 Å². The van der Waals surface area contributed by atoms with Gasteiger partial charge in [-0.05, 0) is 25.8 Å². The first-order valence-corrected chi connectivity index (χ1v) is 8.26. The maximum atomic E-state index is 13.0. The molecule has 3 N–H and O–H groups in total. The van der Waals surface area contributed by atoms with Crippen molar-refractivity contribution in [1.29, 1.82) is 0 Å². The van der Waals surface area contributed by atoms with E-state index in [0.29, 0.717) is 0 Å². The number of hydrogen-bond donors (Lipinski definition) is 3. The Kier molecular flexibility index (Phi) is 3.15. The molecule has 3 aliphatic rings. The first-order chi connectivity index (χ1) is 11.6. The molecule has 0 saturated heterocycles. The second-order valence-corrected chi connectivity index (χ2v) is 7.60. The molecule has 0 radical (unpaired) electrons. The molecule has 3 atom stereocenters. The summed E-state index contributed by atoms with van der Waals surface area (Å²) in [7, 11) is 0. The second kappa shape index (κ2) is 4.86. The van der Waals surface area contributed by atoms with Crippen LogP contribution in [0, 0.1) is 5.92 Å². The van der Waals surface area contributed by atoms with E-state index in [0.717, 1.165) is 0 Å². The maximum Gasteiger partial charge on any atom is 0.193 e. The number of carbonyl (C=O) groups is 3. The van der Waals surface area contributed by atoms with E-state index in [1.807, 2.05) is 0 Å². The number of benzene rings is 1. The number of ketones is 3. The molecule has 1 aromatic rings. The lowest BCUT2D eigenvalue weighted by Crippen LogP contribution is -2.58. The summed E-state index contributed by atoms with van der Waals surface area (Å²) in [4.78, 5) is 38.5. The predicted octanol–water partition coefficient (Wildman–Crippen LogP) is 1.32. The molecule has 0 aromatic heterocycles. The number of rotatable bonds is 0. The Bertz CT molecular complexity index is 878. The Hall–Kier alpha value is -2.31. The molecule has 4 rings (SSSR count). The van der Waals surface area contributed by atoms with Crippen molar-refractivity contribution >= 4 is 17.3 Å². The first kappa shape index (κ1) is 16.2. The molecule has 0 aliphatic heterocycles. The number of aliphatic hydroxyl groups is 2. The molecule has 130 valence electrons. The van der Waals surface area contributed by atoms with Gasteiger partial charge < -0.3 is 15.3 Å². The molecule has 1 aromatic carbocycles. The lowest BCUT2D eigenvalue weighted by atomic mass is 9.58. The number of phenolic OH excluding ortho intramolecular Hbond substituents is 1. The van der Waals surface area contributed by atoms with Gasteiger partial charge in [-0.3, -0.25) is 14.4 Å². The third-order valence-electron chi connectivity index (χ3n) is 5.56. The average molecular weight is 342 g/mol. The normalized spacial score (nSPS) is 34.5. The molecule has 25 heavy (non-hydrogen) atoms. The molecule has 0 bridgehead atoms. The standard InChI is InChI=1S/C19H18O6/c1-18(24)7-12(21)15-14-10(5-6-19(15,25)8-18)16(22)13-9(17(14)23)3-2-4-11(13)20/h2-4,15,20,24-25H,5-8H2,1H3/t15-,18-,19+/m1/s1. The van der Waals surface area contributed by atoms with E-state index in [9.17, 15) is 29.7 Å². The number of phenols is 1. The number of allylic oxidation sites excluding steroid dienone is 1. The highest BCUT2D eigenvalue weighted by atomic mass is 16.3. The largest absolute Gasteiger partial charge is 0.507 e. The van der Waals surface area contributed by atoms with E-state index in [1.165, 1.54) is 25.1 Å². The summed E-state index contributed by atoms with van der Waals surface area (Å²) in [6, 6.07) is 4.25. The van der Waals surface area contributed by atoms with Crippen molar-refractivity contribution in [3.63, 3.8) is 0 Å². The summed E-state index contributed by atoms with van der Waals surface area (Å²) >= 11 is 0. The quantitative estimate of drug-likeness (QED) is 0.656. The van der Waals surface area contributed by atoms with Crippen LogP contribution in [0.25, 0.3) is 0 Å². The van der Waals surface area contributed by atoms with Gasteiger partial charge in [0, 0.05) is 29.6 Å². The molecular weight excluding hydrogens is 324 g/mol. The fraction of sp³-hybridized carbons (Fsp3) is 0.421. The van der Waals surface area contributed by atoms with Crippen molar-refractivity contribution in [2.45, 2.75) is 43.8 Å². The molecular formula is C19H18O6. The van der Waals surface area contributed by atoms with Gasteiger partial charge in [0.05, 0.1) is 22.7 Å². The van der Waals surface area contributed by atoms with Crippen LogP contribution in [0.4, 0.5) is 0 Å². The topological polar surface area (TPSA) is 112 Å². The molecule has 0 heterocycles. The van der Waals surface area contributed by atoms with E-state index in [1.54, 1.807) is 0 Å². The Balaban J connectivity index is 1.91. The van der Waals surface area contributed by atoms with E-state index in [-0.39, 0.29) is 53.7 Å². The van der Waals surface area contributed by atoms with Crippen molar-refractivity contribution < 1.29 is 29.7 Å². The molecule has 1 saturated carbocycles. The molecule has 0 amide bonds. The summed E-state index contributed by atoms with van der Waals surface area (Å²) < 4.78 is 0. The van der Waals surface area contributed by atoms with Gasteiger partial charge in [-0.2, -0.15) is 0 Å². The van der Waals surface area contributed by atoms with Crippen LogP contribution in [0.1, 0.15) is 53.3 Å². The van der Waals surface area contributed by atoms with E-state index in [2.05, 4.69) is 0 Å². The highest BCUT2D eigenvalue weighted by molar-refractivity contribution is 6.29. The zero-order valence-corrected chi connectivity index (χ0v) is 13.7. The Morgan fingerprint density at radius 3 is 2.56 bits per heavy atom. The third-order valence-corrected chi connectivity index (χ3v) is 5.56. The highest BCUT2D eigenvalue weighted by Crippen LogP contribution is 2.51. The van der Waals surface area contributed by atoms with Crippen LogP contribution in [0.5, 0.6) is 5.75 Å². The minimum absolute atomic E-state index is 0.0262. The van der Waals surface area contributed by atoms with Crippen LogP contribution in [-0.4, -0.2) is 43.9 Å². The van der Waals surface area contributed by atoms with Crippen LogP contribution in [0.15, 0.2) is 29.3 Å². The van der Waals surface area contributed by atoms with E-state index < -0.39 is 34.5 Å². The molecule has 6 nitrogen and oxygen atoms in total. The van der Waals surface area contributed by atoms with Gasteiger partial charge in [0.2, 0.25) is 0 Å². The highest BCUT2D eigenvalue weighted by Gasteiger charge is 2.57. The summed E-state index contributed by atoms with van der Waals surface area (Å²) in [6.45, 7) is 1.49. The van der Waals surface area contributed by atoms with Gasteiger partial charge in [-0.25, -0.2) is 0 Å². The summed E-state index contributed by atoms with van der Waals surface area (Å²) in [5.41, 5.74) is -2.62. The van der Waals surface area contributed by atoms with Gasteiger partial charge in [0.15, 0.2) is 11.6 Å². The van der Waals surface area contributed by atoms with Crippen LogP contribution < -0.4 is 0 Å². The van der Waals surface area contributed by atoms with Crippen molar-refractivity contribution in [3.05, 3.63) is 40.5 Å².